The number of imide groups is 1. The number of allylic oxidation sites excluding steroid dienone is 4. The molecule has 0 aromatic rings. The molecule has 0 N–H and O–H groups in total. The quantitative estimate of drug-likeness (QED) is 0.404. The van der Waals surface area contributed by atoms with Crippen LogP contribution in [-0.2, 0) is 19.2 Å². The zero-order chi connectivity index (χ0) is 28.3. The molecule has 39 heavy (non-hydrogen) atoms. The van der Waals surface area contributed by atoms with Gasteiger partial charge in [0.05, 0.1) is 5.57 Å². The van der Waals surface area contributed by atoms with E-state index in [9.17, 15) is 24.4 Å². The lowest BCUT2D eigenvalue weighted by molar-refractivity contribution is -0.167. The Kier molecular flexibility index (Phi) is 5.48. The first-order valence-electron chi connectivity index (χ1n) is 14.9. The van der Waals surface area contributed by atoms with Crippen molar-refractivity contribution in [3.05, 3.63) is 23.3 Å². The minimum Gasteiger partial charge on any atom is -0.295 e. The number of rotatable bonds is 1. The zero-order valence-corrected chi connectivity index (χ0v) is 24.4. The molecular formula is C33H42N2O4. The molecule has 5 aliphatic carbocycles. The number of nitriles is 1. The van der Waals surface area contributed by atoms with E-state index in [4.69, 9.17) is 0 Å². The van der Waals surface area contributed by atoms with E-state index < -0.39 is 10.8 Å². The van der Waals surface area contributed by atoms with Crippen LogP contribution < -0.4 is 0 Å². The van der Waals surface area contributed by atoms with Crippen LogP contribution in [0.25, 0.3) is 0 Å². The molecular weight excluding hydrogens is 488 g/mol. The van der Waals surface area contributed by atoms with Crippen molar-refractivity contribution in [1.29, 1.82) is 5.26 Å². The Bertz CT molecular complexity index is 1300. The maximum atomic E-state index is 14.4. The summed E-state index contributed by atoms with van der Waals surface area (Å²) in [7, 11) is 0. The molecule has 6 heteroatoms. The van der Waals surface area contributed by atoms with Gasteiger partial charge in [0.25, 0.3) is 0 Å². The Morgan fingerprint density at radius 1 is 0.897 bits per heavy atom. The second-order valence-electron chi connectivity index (χ2n) is 15.1. The molecule has 6 nitrogen and oxygen atoms in total. The maximum absolute atomic E-state index is 14.4. The largest absolute Gasteiger partial charge is 0.295 e. The first-order valence-corrected chi connectivity index (χ1v) is 14.9. The lowest BCUT2D eigenvalue weighted by atomic mass is 9.35. The number of Topliss-reactive ketones (excluding diaryl/α,β-unsaturated/α-hetero) is 1. The van der Waals surface area contributed by atoms with Crippen LogP contribution in [0.5, 0.6) is 0 Å². The van der Waals surface area contributed by atoms with Gasteiger partial charge in [-0.05, 0) is 79.1 Å². The van der Waals surface area contributed by atoms with E-state index in [1.165, 1.54) is 4.90 Å². The van der Waals surface area contributed by atoms with Crippen LogP contribution in [0.15, 0.2) is 23.3 Å². The Labute approximate surface area is 232 Å². The van der Waals surface area contributed by atoms with Crippen molar-refractivity contribution in [2.45, 2.75) is 105 Å². The van der Waals surface area contributed by atoms with Gasteiger partial charge in [0, 0.05) is 35.6 Å². The minimum absolute atomic E-state index is 0.0120. The summed E-state index contributed by atoms with van der Waals surface area (Å²) in [6.07, 6.45) is 10.6. The van der Waals surface area contributed by atoms with Crippen molar-refractivity contribution in [3.63, 3.8) is 0 Å². The van der Waals surface area contributed by atoms with Crippen molar-refractivity contribution in [3.8, 4) is 6.07 Å². The summed E-state index contributed by atoms with van der Waals surface area (Å²) < 4.78 is 0. The third-order valence-electron chi connectivity index (χ3n) is 13.2. The van der Waals surface area contributed by atoms with Gasteiger partial charge in [0.2, 0.25) is 11.8 Å². The van der Waals surface area contributed by atoms with E-state index >= 15 is 0 Å². The van der Waals surface area contributed by atoms with E-state index in [0.717, 1.165) is 44.1 Å². The molecule has 1 saturated heterocycles. The molecule has 208 valence electrons. The monoisotopic (exact) mass is 530 g/mol. The topological polar surface area (TPSA) is 95.3 Å². The summed E-state index contributed by atoms with van der Waals surface area (Å²) in [5.74, 6) is -0.0762. The first kappa shape index (κ1) is 26.7. The summed E-state index contributed by atoms with van der Waals surface area (Å²) in [5.41, 5.74) is -0.411. The summed E-state index contributed by atoms with van der Waals surface area (Å²) in [4.78, 5) is 54.4. The first-order chi connectivity index (χ1) is 18.1. The second kappa shape index (κ2) is 8.02. The Morgan fingerprint density at radius 3 is 2.21 bits per heavy atom. The predicted molar refractivity (Wildman–Crippen MR) is 146 cm³/mol. The molecule has 2 amide bonds. The molecule has 0 aromatic heterocycles. The van der Waals surface area contributed by atoms with Crippen LogP contribution >= 0.6 is 0 Å². The number of fused-ring (bicyclic) bond motifs is 7. The molecule has 6 aliphatic rings. The number of hydrogen-bond donors (Lipinski definition) is 0. The van der Waals surface area contributed by atoms with Crippen LogP contribution in [0.3, 0.4) is 0 Å². The molecule has 8 atom stereocenters. The molecule has 1 aliphatic heterocycles. The van der Waals surface area contributed by atoms with Gasteiger partial charge in [-0.15, -0.1) is 0 Å². The van der Waals surface area contributed by atoms with Gasteiger partial charge in [-0.3, -0.25) is 24.1 Å². The number of hydrogen-bond acceptors (Lipinski definition) is 5. The number of carbonyl (C=O) groups is 4. The molecule has 0 radical (unpaired) electrons. The average molecular weight is 531 g/mol. The number of amides is 2. The normalized spacial score (nSPS) is 46.8. The summed E-state index contributed by atoms with van der Waals surface area (Å²) in [5, 5.41) is 9.88. The fourth-order valence-electron chi connectivity index (χ4n) is 10.8. The fraction of sp³-hybridized carbons (Fsp3) is 0.727. The highest BCUT2D eigenvalue weighted by Crippen LogP contribution is 2.73. The van der Waals surface area contributed by atoms with Crippen LogP contribution in [0, 0.1) is 56.2 Å². The van der Waals surface area contributed by atoms with Crippen LogP contribution in [0.2, 0.25) is 0 Å². The van der Waals surface area contributed by atoms with Crippen LogP contribution in [0.4, 0.5) is 0 Å². The van der Waals surface area contributed by atoms with Crippen molar-refractivity contribution in [1.82, 2.24) is 4.90 Å². The van der Waals surface area contributed by atoms with Gasteiger partial charge < -0.3 is 0 Å². The highest BCUT2D eigenvalue weighted by Gasteiger charge is 2.69. The summed E-state index contributed by atoms with van der Waals surface area (Å²) >= 11 is 0. The van der Waals surface area contributed by atoms with Crippen molar-refractivity contribution in [2.75, 3.05) is 0 Å². The highest BCUT2D eigenvalue weighted by molar-refractivity contribution is 6.05. The van der Waals surface area contributed by atoms with Gasteiger partial charge >= 0.3 is 0 Å². The number of ketones is 2. The van der Waals surface area contributed by atoms with Gasteiger partial charge in [-0.1, -0.05) is 53.2 Å². The molecule has 0 spiro atoms. The Balaban J connectivity index is 1.45. The molecule has 1 heterocycles. The van der Waals surface area contributed by atoms with Gasteiger partial charge in [0.15, 0.2) is 11.6 Å². The molecule has 0 unspecified atom stereocenters. The zero-order valence-electron chi connectivity index (χ0n) is 24.4. The SMILES string of the molecule is CC1(C)C(=O)C(C#N)=C[C@]2(C)C3=CC(=O)[C@@H]4[C@@H]5C[C@@H](N6C(=O)CCC6=O)CC[C@]5(C)CC[C@@]4(C)[C@]3(C)CC[C@@H]12. The lowest BCUT2D eigenvalue weighted by Crippen LogP contribution is -2.64. The summed E-state index contributed by atoms with van der Waals surface area (Å²) in [6.45, 7) is 13.1. The van der Waals surface area contributed by atoms with Gasteiger partial charge in [-0.2, -0.15) is 5.26 Å². The number of carbonyl (C=O) groups excluding carboxylic acids is 4. The molecule has 6 rings (SSSR count). The molecule has 4 fully saturated rings. The van der Waals surface area contributed by atoms with Crippen LogP contribution in [-0.4, -0.2) is 34.3 Å². The highest BCUT2D eigenvalue weighted by atomic mass is 16.2. The van der Waals surface area contributed by atoms with Crippen LogP contribution in [0.1, 0.15) is 99.3 Å². The van der Waals surface area contributed by atoms with Crippen molar-refractivity contribution in [2.24, 2.45) is 44.8 Å². The fourth-order valence-corrected chi connectivity index (χ4v) is 10.8. The third kappa shape index (κ3) is 3.19. The van der Waals surface area contributed by atoms with E-state index in [0.29, 0.717) is 19.3 Å². The number of likely N-dealkylation sites (tertiary alicyclic amines) is 1. The summed E-state index contributed by atoms with van der Waals surface area (Å²) in [6, 6.07) is 2.06. The number of nitrogens with zero attached hydrogens (tertiary/aromatic N) is 2. The van der Waals surface area contributed by atoms with Gasteiger partial charge in [-0.25, -0.2) is 0 Å². The van der Waals surface area contributed by atoms with Crippen molar-refractivity contribution >= 4 is 23.4 Å². The molecule has 0 bridgehead atoms. The minimum atomic E-state index is -0.673. The van der Waals surface area contributed by atoms with E-state index in [1.54, 1.807) is 0 Å². The second-order valence-corrected chi connectivity index (χ2v) is 15.1. The van der Waals surface area contributed by atoms with Crippen molar-refractivity contribution < 1.29 is 19.2 Å². The van der Waals surface area contributed by atoms with E-state index in [2.05, 4.69) is 33.8 Å². The molecule has 3 saturated carbocycles. The Hall–Kier alpha value is -2.55. The predicted octanol–water partition coefficient (Wildman–Crippen LogP) is 5.72. The molecule has 0 aromatic carbocycles. The average Bonchev–Trinajstić information content (AvgIpc) is 3.21. The Morgan fingerprint density at radius 2 is 1.56 bits per heavy atom. The van der Waals surface area contributed by atoms with E-state index in [-0.39, 0.29) is 69.0 Å². The maximum Gasteiger partial charge on any atom is 0.229 e. The standard InChI is InChI=1S/C33H42N2O4/c1-29(2)23-10-12-32(5)24(31(23,4)17-19(18-34)28(29)39)16-22(36)27-21-15-20(35-25(37)7-8-26(35)38)9-11-30(21,3)13-14-33(27,32)6/h16-17,20-21,23,27H,7-15H2,1-6H3/t20-,21-,23-,27-,30+,31-,32+,33+/m0/s1. The van der Waals surface area contributed by atoms with Gasteiger partial charge in [0.1, 0.15) is 6.07 Å². The lowest BCUT2D eigenvalue weighted by Gasteiger charge is -2.68. The van der Waals surface area contributed by atoms with E-state index in [1.807, 2.05) is 26.0 Å². The third-order valence-corrected chi connectivity index (χ3v) is 13.2. The smallest absolute Gasteiger partial charge is 0.229 e.